The van der Waals surface area contributed by atoms with E-state index in [9.17, 15) is 19.1 Å². The van der Waals surface area contributed by atoms with E-state index in [1.54, 1.807) is 83.8 Å². The number of imidazole rings is 1. The third kappa shape index (κ3) is 6.12. The topological polar surface area (TPSA) is 92.7 Å². The maximum absolute atomic E-state index is 13.7. The van der Waals surface area contributed by atoms with Crippen LogP contribution < -0.4 is 5.62 Å². The largest absolute Gasteiger partial charge is 0.463 e. The Morgan fingerprint density at radius 3 is 2.50 bits per heavy atom. The van der Waals surface area contributed by atoms with Crippen LogP contribution in [0.3, 0.4) is 0 Å². The van der Waals surface area contributed by atoms with Crippen LogP contribution in [0.15, 0.2) is 65.9 Å². The summed E-state index contributed by atoms with van der Waals surface area (Å²) in [5.74, 6) is -0.847. The van der Waals surface area contributed by atoms with Crippen molar-refractivity contribution >= 4 is 35.2 Å². The smallest absolute Gasteiger partial charge is 0.434 e. The number of amides is 2. The molecule has 0 unspecified atom stereocenters. The van der Waals surface area contributed by atoms with Gasteiger partial charge in [0.25, 0.3) is 5.91 Å². The molecule has 0 atom stereocenters. The molecule has 0 saturated carbocycles. The number of benzene rings is 2. The van der Waals surface area contributed by atoms with Gasteiger partial charge in [-0.05, 0) is 66.1 Å². The van der Waals surface area contributed by atoms with Crippen molar-refractivity contribution in [3.05, 3.63) is 105 Å². The average Bonchev–Trinajstić information content (AvgIpc) is 3.18. The predicted octanol–water partition coefficient (Wildman–Crippen LogP) is 5.54. The first-order valence-electron chi connectivity index (χ1n) is 11.5. The van der Waals surface area contributed by atoms with Gasteiger partial charge in [0, 0.05) is 49.9 Å². The molecule has 0 bridgehead atoms. The fraction of sp³-hybridized carbons (Fsp3) is 0.185. The van der Waals surface area contributed by atoms with E-state index >= 15 is 0 Å². The molecule has 11 heteroatoms. The minimum Gasteiger partial charge on any atom is -0.463 e. The van der Waals surface area contributed by atoms with Gasteiger partial charge in [-0.3, -0.25) is 4.79 Å². The zero-order chi connectivity index (χ0) is 27.6. The highest BCUT2D eigenvalue weighted by atomic mass is 35.5. The first kappa shape index (κ1) is 27.1. The van der Waals surface area contributed by atoms with Gasteiger partial charge in [-0.1, -0.05) is 29.3 Å². The van der Waals surface area contributed by atoms with Crippen LogP contribution in [0, 0.1) is 12.9 Å². The minimum atomic E-state index is -1.32. The van der Waals surface area contributed by atoms with Gasteiger partial charge >= 0.3 is 6.09 Å². The fourth-order valence-corrected chi connectivity index (χ4v) is 4.49. The first-order chi connectivity index (χ1) is 18.0. The highest BCUT2D eigenvalue weighted by molar-refractivity contribution is 6.42. The van der Waals surface area contributed by atoms with Crippen molar-refractivity contribution in [1.82, 2.24) is 19.0 Å². The molecule has 0 aliphatic rings. The number of aromatic nitrogens is 3. The molecule has 2 amide bonds. The number of rotatable bonds is 6. The van der Waals surface area contributed by atoms with Crippen LogP contribution in [0.4, 0.5) is 9.18 Å². The number of carboxylic acid groups (broad SMARTS) is 1. The Bertz CT molecular complexity index is 1610. The van der Waals surface area contributed by atoms with Crippen LogP contribution in [-0.4, -0.2) is 43.2 Å². The van der Waals surface area contributed by atoms with Crippen LogP contribution in [0.1, 0.15) is 27.2 Å². The summed E-state index contributed by atoms with van der Waals surface area (Å²) in [5, 5.41) is 10.0. The van der Waals surface area contributed by atoms with Crippen LogP contribution in [0.2, 0.25) is 10.0 Å². The number of nitrogens with zero attached hydrogens (tertiary/aromatic N) is 5. The van der Waals surface area contributed by atoms with E-state index < -0.39 is 12.0 Å². The van der Waals surface area contributed by atoms with Crippen LogP contribution in [0.5, 0.6) is 0 Å². The van der Waals surface area contributed by atoms with Crippen molar-refractivity contribution in [3.8, 4) is 11.1 Å². The molecule has 4 rings (SSSR count). The molecular weight excluding hydrogens is 532 g/mol. The quantitative estimate of drug-likeness (QED) is 0.316. The molecule has 0 radical (unpaired) electrons. The second kappa shape index (κ2) is 11.2. The summed E-state index contributed by atoms with van der Waals surface area (Å²) < 4.78 is 17.0. The van der Waals surface area contributed by atoms with E-state index in [0.29, 0.717) is 39.0 Å². The molecule has 1 N–H and O–H groups in total. The number of pyridine rings is 1. The molecule has 0 fully saturated rings. The van der Waals surface area contributed by atoms with E-state index in [4.69, 9.17) is 23.2 Å². The SMILES string of the molecule is Cc1nc(F)ccc1-c1cc(Cn2ccn(C)/c2=N\C(=O)O)cc(C(=O)N(C)Cc2ccc(Cl)c(Cl)c2)c1. The minimum absolute atomic E-state index is 0.229. The average molecular weight is 556 g/mol. The van der Waals surface area contributed by atoms with Crippen LogP contribution in [-0.2, 0) is 20.1 Å². The summed E-state index contributed by atoms with van der Waals surface area (Å²) in [6, 6.07) is 13.4. The lowest BCUT2D eigenvalue weighted by molar-refractivity contribution is 0.0785. The lowest BCUT2D eigenvalue weighted by Gasteiger charge is -2.19. The maximum Gasteiger partial charge on any atom is 0.434 e. The van der Waals surface area contributed by atoms with Crippen molar-refractivity contribution in [3.63, 3.8) is 0 Å². The molecule has 38 heavy (non-hydrogen) atoms. The van der Waals surface area contributed by atoms with E-state index in [-0.39, 0.29) is 18.1 Å². The van der Waals surface area contributed by atoms with E-state index in [2.05, 4.69) is 9.98 Å². The van der Waals surface area contributed by atoms with Gasteiger partial charge in [-0.2, -0.15) is 4.39 Å². The maximum atomic E-state index is 13.7. The second-order valence-corrected chi connectivity index (χ2v) is 9.64. The van der Waals surface area contributed by atoms with Gasteiger partial charge in [-0.25, -0.2) is 9.78 Å². The van der Waals surface area contributed by atoms with Gasteiger partial charge < -0.3 is 19.1 Å². The van der Waals surface area contributed by atoms with Gasteiger partial charge in [0.2, 0.25) is 11.6 Å². The predicted molar refractivity (Wildman–Crippen MR) is 143 cm³/mol. The van der Waals surface area contributed by atoms with E-state index in [0.717, 1.165) is 11.1 Å². The van der Waals surface area contributed by atoms with Crippen LogP contribution in [0.25, 0.3) is 11.1 Å². The Kier molecular flexibility index (Phi) is 7.99. The van der Waals surface area contributed by atoms with E-state index in [1.165, 1.54) is 6.07 Å². The molecule has 0 spiro atoms. The third-order valence-electron chi connectivity index (χ3n) is 5.94. The number of aryl methyl sites for hydroxylation is 2. The summed E-state index contributed by atoms with van der Waals surface area (Å²) >= 11 is 12.2. The molecule has 2 aromatic heterocycles. The lowest BCUT2D eigenvalue weighted by atomic mass is 9.98. The fourth-order valence-electron chi connectivity index (χ4n) is 4.17. The number of carbonyl (C=O) groups is 2. The molecule has 196 valence electrons. The summed E-state index contributed by atoms with van der Waals surface area (Å²) in [7, 11) is 3.37. The molecule has 2 heterocycles. The number of hydrogen-bond donors (Lipinski definition) is 1. The molecule has 0 aliphatic heterocycles. The Morgan fingerprint density at radius 1 is 1.05 bits per heavy atom. The van der Waals surface area contributed by atoms with E-state index in [1.807, 2.05) is 6.07 Å². The monoisotopic (exact) mass is 555 g/mol. The molecule has 0 aliphatic carbocycles. The van der Waals surface area contributed by atoms with Crippen molar-refractivity contribution in [2.75, 3.05) is 7.05 Å². The Hall–Kier alpha value is -3.95. The lowest BCUT2D eigenvalue weighted by Crippen LogP contribution is -2.27. The third-order valence-corrected chi connectivity index (χ3v) is 6.68. The first-order valence-corrected chi connectivity index (χ1v) is 12.2. The Labute approximate surface area is 228 Å². The van der Waals surface area contributed by atoms with Gasteiger partial charge in [-0.15, -0.1) is 4.99 Å². The van der Waals surface area contributed by atoms with Crippen molar-refractivity contribution in [2.45, 2.75) is 20.0 Å². The normalized spacial score (nSPS) is 11.6. The summed E-state index contributed by atoms with van der Waals surface area (Å²) in [6.45, 7) is 2.23. The van der Waals surface area contributed by atoms with Gasteiger partial charge in [0.1, 0.15) is 0 Å². The molecule has 8 nitrogen and oxygen atoms in total. The van der Waals surface area contributed by atoms with Gasteiger partial charge in [0.05, 0.1) is 16.6 Å². The molecule has 4 aromatic rings. The Morgan fingerprint density at radius 2 is 1.82 bits per heavy atom. The zero-order valence-electron chi connectivity index (χ0n) is 20.8. The van der Waals surface area contributed by atoms with Crippen molar-refractivity contribution in [2.24, 2.45) is 12.0 Å². The summed E-state index contributed by atoms with van der Waals surface area (Å²) in [4.78, 5) is 33.9. The zero-order valence-corrected chi connectivity index (χ0v) is 22.3. The molecular formula is C27H24Cl2FN5O3. The summed E-state index contributed by atoms with van der Waals surface area (Å²) in [5.41, 5.74) is 3.97. The molecule has 2 aromatic carbocycles. The Balaban J connectivity index is 1.75. The standard InChI is InChI=1S/C27H24Cl2FN5O3/c1-16-21(5-7-24(30)31-16)19-10-18(15-35-9-8-33(2)26(35)32-27(37)38)11-20(13-19)25(36)34(3)14-17-4-6-22(28)23(29)12-17/h4-13H,14-15H2,1-3H3,(H,37,38)/b32-26+. The highest BCUT2D eigenvalue weighted by Crippen LogP contribution is 2.27. The number of hydrogen-bond acceptors (Lipinski definition) is 3. The highest BCUT2D eigenvalue weighted by Gasteiger charge is 2.17. The number of halogens is 3. The summed E-state index contributed by atoms with van der Waals surface area (Å²) in [6.07, 6.45) is 2.08. The van der Waals surface area contributed by atoms with Crippen LogP contribution >= 0.6 is 23.2 Å². The van der Waals surface area contributed by atoms with Crippen molar-refractivity contribution in [1.29, 1.82) is 0 Å². The molecule has 0 saturated heterocycles. The van der Waals surface area contributed by atoms with Crippen molar-refractivity contribution < 1.29 is 19.1 Å². The second-order valence-electron chi connectivity index (χ2n) is 8.83. The van der Waals surface area contributed by atoms with Gasteiger partial charge in [0.15, 0.2) is 0 Å². The number of carbonyl (C=O) groups excluding carboxylic acids is 1.